The quantitative estimate of drug-likeness (QED) is 0.770. The van der Waals surface area contributed by atoms with E-state index in [1.807, 2.05) is 6.26 Å². The summed E-state index contributed by atoms with van der Waals surface area (Å²) >= 11 is 1.34. The molecule has 25 heavy (non-hydrogen) atoms. The maximum Gasteiger partial charge on any atom is 0.416 e. The average molecular weight is 365 g/mol. The van der Waals surface area contributed by atoms with E-state index in [-0.39, 0.29) is 18.1 Å². The third kappa shape index (κ3) is 3.16. The molecule has 0 saturated carbocycles. The van der Waals surface area contributed by atoms with Gasteiger partial charge in [0.15, 0.2) is 11.4 Å². The molecule has 10 heteroatoms. The van der Waals surface area contributed by atoms with Crippen LogP contribution in [0, 0.1) is 5.82 Å². The summed E-state index contributed by atoms with van der Waals surface area (Å²) in [6.07, 6.45) is 1.91. The first-order chi connectivity index (χ1) is 11.9. The average Bonchev–Trinajstić information content (AvgIpc) is 3.20. The predicted molar refractivity (Wildman–Crippen MR) is 89.2 cm³/mol. The number of nitrogens with zero attached hydrogens (tertiary/aromatic N) is 5. The summed E-state index contributed by atoms with van der Waals surface area (Å²) in [4.78, 5) is 26.1. The normalized spacial score (nSPS) is 16.9. The van der Waals surface area contributed by atoms with Crippen molar-refractivity contribution in [3.63, 3.8) is 0 Å². The van der Waals surface area contributed by atoms with Gasteiger partial charge < -0.3 is 9.64 Å². The third-order valence-corrected chi connectivity index (χ3v) is 4.57. The van der Waals surface area contributed by atoms with Gasteiger partial charge in [-0.1, -0.05) is 11.8 Å². The zero-order valence-corrected chi connectivity index (χ0v) is 14.7. The molecule has 2 aromatic rings. The van der Waals surface area contributed by atoms with Crippen LogP contribution in [-0.4, -0.2) is 57.7 Å². The van der Waals surface area contributed by atoms with E-state index in [9.17, 15) is 14.0 Å². The molecule has 2 heterocycles. The van der Waals surface area contributed by atoms with Crippen molar-refractivity contribution in [2.75, 3.05) is 24.7 Å². The van der Waals surface area contributed by atoms with Crippen LogP contribution in [0.2, 0.25) is 0 Å². The number of halogens is 1. The van der Waals surface area contributed by atoms with Crippen LogP contribution in [0.25, 0.3) is 5.69 Å². The number of anilines is 1. The molecule has 1 aliphatic rings. The van der Waals surface area contributed by atoms with Gasteiger partial charge in [0, 0.05) is 14.0 Å². The van der Waals surface area contributed by atoms with Crippen molar-refractivity contribution < 1.29 is 18.7 Å². The Hall–Kier alpha value is -2.62. The van der Waals surface area contributed by atoms with Crippen LogP contribution >= 0.6 is 11.8 Å². The van der Waals surface area contributed by atoms with Crippen molar-refractivity contribution in [2.24, 2.45) is 0 Å². The molecule has 1 fully saturated rings. The second-order valence-electron chi connectivity index (χ2n) is 5.40. The van der Waals surface area contributed by atoms with Gasteiger partial charge in [0.05, 0.1) is 17.9 Å². The van der Waals surface area contributed by atoms with Gasteiger partial charge >= 0.3 is 6.09 Å². The zero-order chi connectivity index (χ0) is 18.1. The first-order valence-electron chi connectivity index (χ1n) is 7.38. The van der Waals surface area contributed by atoms with Gasteiger partial charge in [-0.25, -0.2) is 9.18 Å². The van der Waals surface area contributed by atoms with E-state index < -0.39 is 18.1 Å². The number of carbonyl (C=O) groups excluding carboxylic acids is 2. The number of hydrogen-bond acceptors (Lipinski definition) is 6. The van der Waals surface area contributed by atoms with Crippen molar-refractivity contribution in [1.82, 2.24) is 19.7 Å². The lowest BCUT2D eigenvalue weighted by Crippen LogP contribution is -2.38. The van der Waals surface area contributed by atoms with Gasteiger partial charge in [0.2, 0.25) is 5.91 Å². The van der Waals surface area contributed by atoms with Crippen LogP contribution in [0.1, 0.15) is 6.92 Å². The van der Waals surface area contributed by atoms with E-state index >= 15 is 0 Å². The number of carbonyl (C=O) groups is 2. The lowest BCUT2D eigenvalue weighted by atomic mass is 10.2. The Morgan fingerprint density at radius 2 is 2.24 bits per heavy atom. The maximum atomic E-state index is 14.6. The number of rotatable bonds is 4. The number of cyclic esters (lactones) is 1. The molecule has 0 spiro atoms. The van der Waals surface area contributed by atoms with Crippen molar-refractivity contribution in [1.29, 1.82) is 0 Å². The lowest BCUT2D eigenvalue weighted by Gasteiger charge is -2.20. The molecule has 0 N–H and O–H groups in total. The molecule has 132 valence electrons. The number of benzene rings is 1. The van der Waals surface area contributed by atoms with E-state index in [0.717, 1.165) is 0 Å². The summed E-state index contributed by atoms with van der Waals surface area (Å²) in [5, 5.41) is 8.22. The lowest BCUT2D eigenvalue weighted by molar-refractivity contribution is -0.134. The SMILES string of the molecule is CSc1nncn1-c1ccc(N2CC(N(C)C(C)=O)OC2=O)cc1F. The number of aromatic nitrogens is 3. The first kappa shape index (κ1) is 17.2. The molecular weight excluding hydrogens is 349 g/mol. The Bertz CT molecular complexity index is 827. The minimum atomic E-state index is -0.700. The largest absolute Gasteiger partial charge is 0.423 e. The highest BCUT2D eigenvalue weighted by atomic mass is 32.2. The predicted octanol–water partition coefficient (Wildman–Crippen LogP) is 1.89. The Morgan fingerprint density at radius 1 is 1.48 bits per heavy atom. The second kappa shape index (κ2) is 6.71. The molecule has 1 unspecified atom stereocenters. The Balaban J connectivity index is 1.86. The highest BCUT2D eigenvalue weighted by Gasteiger charge is 2.36. The number of ether oxygens (including phenoxy) is 1. The molecule has 0 radical (unpaired) electrons. The molecule has 1 atom stereocenters. The van der Waals surface area contributed by atoms with E-state index in [4.69, 9.17) is 4.74 Å². The van der Waals surface area contributed by atoms with Crippen molar-refractivity contribution in [3.8, 4) is 5.69 Å². The molecule has 2 amide bonds. The fourth-order valence-corrected chi connectivity index (χ4v) is 2.92. The van der Waals surface area contributed by atoms with Crippen LogP contribution in [0.5, 0.6) is 0 Å². The highest BCUT2D eigenvalue weighted by Crippen LogP contribution is 2.27. The van der Waals surface area contributed by atoms with E-state index in [0.29, 0.717) is 10.8 Å². The summed E-state index contributed by atoms with van der Waals surface area (Å²) in [6, 6.07) is 4.40. The standard InChI is InChI=1S/C15H16FN5O3S/c1-9(22)19(2)13-7-20(15(23)24-13)10-4-5-12(11(16)6-10)21-8-17-18-14(21)25-3/h4-6,8,13H,7H2,1-3H3. The minimum Gasteiger partial charge on any atom is -0.423 e. The van der Waals surface area contributed by atoms with Gasteiger partial charge in [0.1, 0.15) is 12.1 Å². The van der Waals surface area contributed by atoms with Gasteiger partial charge in [-0.15, -0.1) is 10.2 Å². The topological polar surface area (TPSA) is 80.6 Å². The molecule has 8 nitrogen and oxygen atoms in total. The monoisotopic (exact) mass is 365 g/mol. The fraction of sp³-hybridized carbons (Fsp3) is 0.333. The number of hydrogen-bond donors (Lipinski definition) is 0. The molecule has 1 aromatic carbocycles. The third-order valence-electron chi connectivity index (χ3n) is 3.93. The van der Waals surface area contributed by atoms with Gasteiger partial charge in [-0.05, 0) is 24.5 Å². The smallest absolute Gasteiger partial charge is 0.416 e. The van der Waals surface area contributed by atoms with Gasteiger partial charge in [-0.3, -0.25) is 14.3 Å². The molecule has 3 rings (SSSR count). The van der Waals surface area contributed by atoms with Crippen molar-refractivity contribution in [2.45, 2.75) is 18.3 Å². The highest BCUT2D eigenvalue weighted by molar-refractivity contribution is 7.98. The van der Waals surface area contributed by atoms with Crippen LogP contribution in [-0.2, 0) is 9.53 Å². The minimum absolute atomic E-state index is 0.135. The first-order valence-corrected chi connectivity index (χ1v) is 8.60. The molecule has 1 aromatic heterocycles. The molecule has 0 aliphatic carbocycles. The summed E-state index contributed by atoms with van der Waals surface area (Å²) in [5.74, 6) is -0.748. The van der Waals surface area contributed by atoms with Crippen molar-refractivity contribution >= 4 is 29.4 Å². The van der Waals surface area contributed by atoms with Crippen LogP contribution in [0.4, 0.5) is 14.9 Å². The van der Waals surface area contributed by atoms with E-state index in [2.05, 4.69) is 10.2 Å². The maximum absolute atomic E-state index is 14.6. The fourth-order valence-electron chi connectivity index (χ4n) is 2.45. The van der Waals surface area contributed by atoms with Crippen LogP contribution < -0.4 is 4.90 Å². The summed E-state index contributed by atoms with van der Waals surface area (Å²) < 4.78 is 21.3. The van der Waals surface area contributed by atoms with E-state index in [1.165, 1.54) is 45.4 Å². The second-order valence-corrected chi connectivity index (χ2v) is 6.18. The Morgan fingerprint density at radius 3 is 2.88 bits per heavy atom. The number of likely N-dealkylation sites (N-methyl/N-ethyl adjacent to an activating group) is 1. The summed E-state index contributed by atoms with van der Waals surface area (Å²) in [7, 11) is 1.55. The molecule has 0 bridgehead atoms. The Labute approximate surface area is 147 Å². The molecular formula is C15H16FN5O3S. The Kier molecular flexibility index (Phi) is 4.62. The van der Waals surface area contributed by atoms with Crippen LogP contribution in [0.3, 0.4) is 0 Å². The summed E-state index contributed by atoms with van der Waals surface area (Å²) in [5.41, 5.74) is 0.632. The molecule has 1 aliphatic heterocycles. The zero-order valence-electron chi connectivity index (χ0n) is 13.8. The van der Waals surface area contributed by atoms with Gasteiger partial charge in [0.25, 0.3) is 0 Å². The molecule has 1 saturated heterocycles. The number of amides is 2. The number of thioether (sulfide) groups is 1. The van der Waals surface area contributed by atoms with Crippen molar-refractivity contribution in [3.05, 3.63) is 30.3 Å². The van der Waals surface area contributed by atoms with Crippen LogP contribution in [0.15, 0.2) is 29.7 Å². The van der Waals surface area contributed by atoms with Gasteiger partial charge in [-0.2, -0.15) is 0 Å². The summed E-state index contributed by atoms with van der Waals surface area (Å²) in [6.45, 7) is 1.52. The van der Waals surface area contributed by atoms with E-state index in [1.54, 1.807) is 19.2 Å².